The lowest BCUT2D eigenvalue weighted by Gasteiger charge is -2.52. The van der Waals surface area contributed by atoms with E-state index in [1.807, 2.05) is 0 Å². The fourth-order valence-corrected chi connectivity index (χ4v) is 4.37. The van der Waals surface area contributed by atoms with Gasteiger partial charge >= 0.3 is 0 Å². The Balaban J connectivity index is 1.51. The summed E-state index contributed by atoms with van der Waals surface area (Å²) in [5.74, 6) is 0.883. The Kier molecular flexibility index (Phi) is 3.29. The third-order valence-electron chi connectivity index (χ3n) is 5.19. The Hall–Kier alpha value is -0.900. The molecule has 0 radical (unpaired) electrons. The zero-order valence-electron chi connectivity index (χ0n) is 12.0. The average molecular weight is 273 g/mol. The number of rotatable bonds is 2. The molecule has 3 nitrogen and oxygen atoms in total. The van der Waals surface area contributed by atoms with E-state index in [2.05, 4.69) is 35.2 Å². The monoisotopic (exact) mass is 273 g/mol. The molecule has 1 spiro atoms. The molecule has 3 fully saturated rings. The minimum Gasteiger partial charge on any atom is -0.347 e. The molecular weight excluding hydrogens is 250 g/mol. The molecule has 2 bridgehead atoms. The Morgan fingerprint density at radius 2 is 1.65 bits per heavy atom. The average Bonchev–Trinajstić information content (AvgIpc) is 2.91. The van der Waals surface area contributed by atoms with E-state index in [9.17, 15) is 0 Å². The molecule has 2 atom stereocenters. The molecule has 20 heavy (non-hydrogen) atoms. The van der Waals surface area contributed by atoms with Crippen molar-refractivity contribution in [3.8, 4) is 0 Å². The van der Waals surface area contributed by atoms with Gasteiger partial charge in [-0.1, -0.05) is 36.8 Å². The molecule has 0 amide bonds. The standard InChI is InChI=1S/C17H23NO2/c1-2-5-14(6-3-1)11-18-12-15-7-4-8-16(13-18)17(15)19-9-10-20-17/h1-3,5-6,15-16H,4,7-13H2. The van der Waals surface area contributed by atoms with Gasteiger partial charge in [-0.3, -0.25) is 4.90 Å². The topological polar surface area (TPSA) is 21.7 Å². The minimum atomic E-state index is -0.231. The molecule has 1 aliphatic carbocycles. The molecular formula is C17H23NO2. The quantitative estimate of drug-likeness (QED) is 0.827. The van der Waals surface area contributed by atoms with Gasteiger partial charge in [0, 0.05) is 31.5 Å². The van der Waals surface area contributed by atoms with Crippen LogP contribution in [-0.4, -0.2) is 37.0 Å². The summed E-state index contributed by atoms with van der Waals surface area (Å²) in [7, 11) is 0. The minimum absolute atomic E-state index is 0.231. The number of ether oxygens (including phenoxy) is 2. The van der Waals surface area contributed by atoms with Gasteiger partial charge in [0.2, 0.25) is 0 Å². The number of hydrogen-bond donors (Lipinski definition) is 0. The molecule has 108 valence electrons. The summed E-state index contributed by atoms with van der Waals surface area (Å²) in [5.41, 5.74) is 1.41. The molecule has 1 aromatic carbocycles. The second kappa shape index (κ2) is 5.14. The normalized spacial score (nSPS) is 32.6. The third-order valence-corrected chi connectivity index (χ3v) is 5.19. The van der Waals surface area contributed by atoms with Gasteiger partial charge in [-0.05, 0) is 18.4 Å². The smallest absolute Gasteiger partial charge is 0.176 e. The maximum Gasteiger partial charge on any atom is 0.176 e. The molecule has 1 saturated carbocycles. The first-order valence-electron chi connectivity index (χ1n) is 7.91. The van der Waals surface area contributed by atoms with E-state index < -0.39 is 0 Å². The van der Waals surface area contributed by atoms with Crippen molar-refractivity contribution >= 4 is 0 Å². The lowest BCUT2D eigenvalue weighted by atomic mass is 9.72. The van der Waals surface area contributed by atoms with Crippen LogP contribution in [0.2, 0.25) is 0 Å². The van der Waals surface area contributed by atoms with Crippen molar-refractivity contribution in [1.82, 2.24) is 4.90 Å². The van der Waals surface area contributed by atoms with Crippen LogP contribution < -0.4 is 0 Å². The first-order valence-corrected chi connectivity index (χ1v) is 7.91. The Morgan fingerprint density at radius 3 is 2.30 bits per heavy atom. The predicted molar refractivity (Wildman–Crippen MR) is 77.2 cm³/mol. The Bertz CT molecular complexity index is 439. The van der Waals surface area contributed by atoms with Gasteiger partial charge in [0.15, 0.2) is 5.79 Å². The summed E-state index contributed by atoms with van der Waals surface area (Å²) in [5, 5.41) is 0. The summed E-state index contributed by atoms with van der Waals surface area (Å²) < 4.78 is 12.2. The summed E-state index contributed by atoms with van der Waals surface area (Å²) in [4.78, 5) is 2.60. The van der Waals surface area contributed by atoms with Gasteiger partial charge in [-0.2, -0.15) is 0 Å². The van der Waals surface area contributed by atoms with Crippen LogP contribution in [0.4, 0.5) is 0 Å². The molecule has 2 unspecified atom stereocenters. The highest BCUT2D eigenvalue weighted by atomic mass is 16.7. The Labute approximate surface area is 120 Å². The first-order chi connectivity index (χ1) is 9.87. The van der Waals surface area contributed by atoms with Crippen LogP contribution in [0.5, 0.6) is 0 Å². The highest BCUT2D eigenvalue weighted by Crippen LogP contribution is 2.48. The van der Waals surface area contributed by atoms with Crippen molar-refractivity contribution in [2.24, 2.45) is 11.8 Å². The molecule has 1 aromatic rings. The van der Waals surface area contributed by atoms with Crippen LogP contribution in [-0.2, 0) is 16.0 Å². The van der Waals surface area contributed by atoms with Crippen LogP contribution in [0.25, 0.3) is 0 Å². The number of piperidine rings is 1. The van der Waals surface area contributed by atoms with Crippen molar-refractivity contribution < 1.29 is 9.47 Å². The molecule has 3 heteroatoms. The largest absolute Gasteiger partial charge is 0.347 e. The molecule has 0 N–H and O–H groups in total. The van der Waals surface area contributed by atoms with Crippen molar-refractivity contribution in [2.75, 3.05) is 26.3 Å². The fraction of sp³-hybridized carbons (Fsp3) is 0.647. The van der Waals surface area contributed by atoms with Crippen LogP contribution in [0, 0.1) is 11.8 Å². The molecule has 4 rings (SSSR count). The van der Waals surface area contributed by atoms with Crippen molar-refractivity contribution in [3.05, 3.63) is 35.9 Å². The fourth-order valence-electron chi connectivity index (χ4n) is 4.37. The van der Waals surface area contributed by atoms with E-state index >= 15 is 0 Å². The van der Waals surface area contributed by atoms with E-state index in [1.54, 1.807) is 0 Å². The van der Waals surface area contributed by atoms with Gasteiger partial charge < -0.3 is 9.47 Å². The predicted octanol–water partition coefficient (Wildman–Crippen LogP) is 2.66. The summed E-state index contributed by atoms with van der Waals surface area (Å²) >= 11 is 0. The number of hydrogen-bond acceptors (Lipinski definition) is 3. The highest BCUT2D eigenvalue weighted by molar-refractivity contribution is 5.15. The highest BCUT2D eigenvalue weighted by Gasteiger charge is 2.55. The molecule has 2 saturated heterocycles. The molecule has 2 heterocycles. The van der Waals surface area contributed by atoms with Crippen molar-refractivity contribution in [2.45, 2.75) is 31.6 Å². The van der Waals surface area contributed by atoms with E-state index in [-0.39, 0.29) is 5.79 Å². The van der Waals surface area contributed by atoms with Gasteiger partial charge in [0.25, 0.3) is 0 Å². The SMILES string of the molecule is c1ccc(CN2CC3CCCC(C2)C32OCCO2)cc1. The zero-order chi connectivity index (χ0) is 13.4. The van der Waals surface area contributed by atoms with Crippen LogP contribution >= 0.6 is 0 Å². The third kappa shape index (κ3) is 2.09. The Morgan fingerprint density at radius 1 is 1.00 bits per heavy atom. The van der Waals surface area contributed by atoms with Crippen LogP contribution in [0.15, 0.2) is 30.3 Å². The lowest BCUT2D eigenvalue weighted by Crippen LogP contribution is -2.60. The molecule has 2 aliphatic heterocycles. The maximum atomic E-state index is 6.10. The van der Waals surface area contributed by atoms with E-state index in [4.69, 9.17) is 9.47 Å². The van der Waals surface area contributed by atoms with Gasteiger partial charge in [0.05, 0.1) is 13.2 Å². The van der Waals surface area contributed by atoms with Gasteiger partial charge in [-0.15, -0.1) is 0 Å². The van der Waals surface area contributed by atoms with E-state index in [0.717, 1.165) is 32.8 Å². The lowest BCUT2D eigenvalue weighted by molar-refractivity contribution is -0.269. The summed E-state index contributed by atoms with van der Waals surface area (Å²) in [6, 6.07) is 10.8. The molecule has 0 aromatic heterocycles. The zero-order valence-corrected chi connectivity index (χ0v) is 12.0. The van der Waals surface area contributed by atoms with E-state index in [1.165, 1.54) is 24.8 Å². The van der Waals surface area contributed by atoms with E-state index in [0.29, 0.717) is 11.8 Å². The number of likely N-dealkylation sites (tertiary alicyclic amines) is 1. The second-order valence-corrected chi connectivity index (χ2v) is 6.42. The van der Waals surface area contributed by atoms with Gasteiger partial charge in [0.1, 0.15) is 0 Å². The first kappa shape index (κ1) is 12.8. The van der Waals surface area contributed by atoms with Crippen LogP contribution in [0.3, 0.4) is 0 Å². The molecule has 3 aliphatic rings. The maximum absolute atomic E-state index is 6.10. The van der Waals surface area contributed by atoms with Gasteiger partial charge in [-0.25, -0.2) is 0 Å². The van der Waals surface area contributed by atoms with Crippen molar-refractivity contribution in [3.63, 3.8) is 0 Å². The van der Waals surface area contributed by atoms with Crippen LogP contribution in [0.1, 0.15) is 24.8 Å². The number of nitrogens with zero attached hydrogens (tertiary/aromatic N) is 1. The summed E-state index contributed by atoms with van der Waals surface area (Å²) in [6.07, 6.45) is 3.84. The second-order valence-electron chi connectivity index (χ2n) is 6.42. The number of benzene rings is 1. The van der Waals surface area contributed by atoms with Crippen molar-refractivity contribution in [1.29, 1.82) is 0 Å². The summed E-state index contributed by atoms with van der Waals surface area (Å²) in [6.45, 7) is 4.86.